The molecule has 0 heterocycles. The number of hydrogen-bond donors (Lipinski definition) is 1. The lowest BCUT2D eigenvalue weighted by molar-refractivity contribution is -0.139. The van der Waals surface area contributed by atoms with Gasteiger partial charge in [0.1, 0.15) is 18.4 Å². The van der Waals surface area contributed by atoms with E-state index in [1.165, 1.54) is 4.90 Å². The number of likely N-dealkylation sites (N-methyl/N-ethyl adjacent to an activating group) is 1. The summed E-state index contributed by atoms with van der Waals surface area (Å²) in [5.74, 6) is -1.58. The number of amides is 2. The molecule has 2 amide bonds. The highest BCUT2D eigenvalue weighted by Gasteiger charge is 2.32. The molecule has 190 valence electrons. The molecule has 3 rings (SSSR count). The third-order valence-corrected chi connectivity index (χ3v) is 7.70. The molecule has 0 spiro atoms. The summed E-state index contributed by atoms with van der Waals surface area (Å²) in [5, 5.41) is 3.11. The Labute approximate surface area is 215 Å². The van der Waals surface area contributed by atoms with E-state index in [1.54, 1.807) is 68.4 Å². The molecule has 0 saturated heterocycles. The van der Waals surface area contributed by atoms with Crippen molar-refractivity contribution in [3.05, 3.63) is 95.3 Å². The molecule has 0 aliphatic rings. The molecule has 0 unspecified atom stereocenters. The van der Waals surface area contributed by atoms with Crippen LogP contribution in [-0.2, 0) is 26.2 Å². The molecule has 7 nitrogen and oxygen atoms in total. The first-order valence-corrected chi connectivity index (χ1v) is 13.1. The first kappa shape index (κ1) is 27.2. The maximum atomic E-state index is 13.7. The van der Waals surface area contributed by atoms with Crippen molar-refractivity contribution < 1.29 is 22.4 Å². The van der Waals surface area contributed by atoms with E-state index in [0.29, 0.717) is 17.1 Å². The maximum Gasteiger partial charge on any atom is 0.264 e. The fourth-order valence-corrected chi connectivity index (χ4v) is 5.18. The number of anilines is 1. The summed E-state index contributed by atoms with van der Waals surface area (Å²) in [5.41, 5.74) is 0.856. The van der Waals surface area contributed by atoms with E-state index in [-0.39, 0.29) is 23.0 Å². The summed E-state index contributed by atoms with van der Waals surface area (Å²) < 4.78 is 41.5. The molecule has 0 aliphatic heterocycles. The molecule has 1 N–H and O–H groups in total. The fraction of sp³-hybridized carbons (Fsp3) is 0.231. The van der Waals surface area contributed by atoms with Gasteiger partial charge in [0.05, 0.1) is 10.6 Å². The molecule has 0 bridgehead atoms. The van der Waals surface area contributed by atoms with Crippen LogP contribution in [0.3, 0.4) is 0 Å². The minimum Gasteiger partial charge on any atom is -0.355 e. The van der Waals surface area contributed by atoms with Crippen LogP contribution in [-0.4, -0.2) is 44.3 Å². The SMILES string of the molecule is CCNC(=O)[C@H](C)N(Cc1ccccc1Cl)C(=O)CN(c1ccccc1)S(=O)(=O)c1ccc(F)cc1. The second-order valence-corrected chi connectivity index (χ2v) is 10.3. The first-order valence-electron chi connectivity index (χ1n) is 11.3. The molecule has 0 aliphatic carbocycles. The van der Waals surface area contributed by atoms with Crippen molar-refractivity contribution in [2.75, 3.05) is 17.4 Å². The molecule has 1 atom stereocenters. The predicted molar refractivity (Wildman–Crippen MR) is 138 cm³/mol. The van der Waals surface area contributed by atoms with Crippen molar-refractivity contribution in [1.29, 1.82) is 0 Å². The number of carbonyl (C=O) groups excluding carboxylic acids is 2. The number of hydrogen-bond acceptors (Lipinski definition) is 4. The molecule has 0 saturated carbocycles. The standard InChI is InChI=1S/C26H27ClFN3O4S/c1-3-29-26(33)19(2)30(17-20-9-7-8-12-24(20)27)25(32)18-31(22-10-5-4-6-11-22)36(34,35)23-15-13-21(28)14-16-23/h4-16,19H,3,17-18H2,1-2H3,(H,29,33)/t19-/m0/s1. The van der Waals surface area contributed by atoms with Crippen molar-refractivity contribution in [2.45, 2.75) is 31.3 Å². The number of carbonyl (C=O) groups is 2. The van der Waals surface area contributed by atoms with Crippen LogP contribution in [0.5, 0.6) is 0 Å². The lowest BCUT2D eigenvalue weighted by atomic mass is 10.1. The zero-order valence-electron chi connectivity index (χ0n) is 19.9. The lowest BCUT2D eigenvalue weighted by Gasteiger charge is -2.32. The summed E-state index contributed by atoms with van der Waals surface area (Å²) in [7, 11) is -4.24. The molecule has 0 radical (unpaired) electrons. The largest absolute Gasteiger partial charge is 0.355 e. The molecule has 10 heteroatoms. The number of sulfonamides is 1. The second kappa shape index (κ2) is 12.0. The molecular formula is C26H27ClFN3O4S. The van der Waals surface area contributed by atoms with Crippen molar-refractivity contribution in [1.82, 2.24) is 10.2 Å². The van der Waals surface area contributed by atoms with Gasteiger partial charge in [0.25, 0.3) is 10.0 Å². The molecule has 3 aromatic rings. The van der Waals surface area contributed by atoms with Gasteiger partial charge in [-0.1, -0.05) is 48.0 Å². The van der Waals surface area contributed by atoms with Crippen LogP contribution in [0.25, 0.3) is 0 Å². The quantitative estimate of drug-likeness (QED) is 0.424. The van der Waals surface area contributed by atoms with E-state index >= 15 is 0 Å². The number of rotatable bonds is 10. The van der Waals surface area contributed by atoms with E-state index in [1.807, 2.05) is 0 Å². The number of halogens is 2. The number of para-hydroxylation sites is 1. The average Bonchev–Trinajstić information content (AvgIpc) is 2.87. The monoisotopic (exact) mass is 531 g/mol. The second-order valence-electron chi connectivity index (χ2n) is 7.98. The minimum absolute atomic E-state index is 0.00394. The highest BCUT2D eigenvalue weighted by atomic mass is 35.5. The number of nitrogens with one attached hydrogen (secondary N) is 1. The smallest absolute Gasteiger partial charge is 0.264 e. The summed E-state index contributed by atoms with van der Waals surface area (Å²) >= 11 is 6.31. The topological polar surface area (TPSA) is 86.8 Å². The zero-order chi connectivity index (χ0) is 26.3. The van der Waals surface area contributed by atoms with E-state index in [4.69, 9.17) is 11.6 Å². The van der Waals surface area contributed by atoms with Crippen molar-refractivity contribution in [3.8, 4) is 0 Å². The van der Waals surface area contributed by atoms with Crippen molar-refractivity contribution in [3.63, 3.8) is 0 Å². The van der Waals surface area contributed by atoms with E-state index in [2.05, 4.69) is 5.32 Å². The van der Waals surface area contributed by atoms with E-state index in [9.17, 15) is 22.4 Å². The Morgan fingerprint density at radius 2 is 1.58 bits per heavy atom. The van der Waals surface area contributed by atoms with Gasteiger partial charge in [-0.2, -0.15) is 0 Å². The lowest BCUT2D eigenvalue weighted by Crippen LogP contribution is -2.51. The van der Waals surface area contributed by atoms with Crippen LogP contribution in [0.1, 0.15) is 19.4 Å². The Bertz CT molecular complexity index is 1300. The van der Waals surface area contributed by atoms with Crippen LogP contribution in [0.2, 0.25) is 5.02 Å². The summed E-state index contributed by atoms with van der Waals surface area (Å²) in [6.45, 7) is 3.11. The minimum atomic E-state index is -4.24. The van der Waals surface area contributed by atoms with Crippen LogP contribution in [0, 0.1) is 5.82 Å². The van der Waals surface area contributed by atoms with Gasteiger partial charge in [-0.15, -0.1) is 0 Å². The Morgan fingerprint density at radius 1 is 0.972 bits per heavy atom. The normalized spacial score (nSPS) is 12.0. The Kier molecular flexibility index (Phi) is 9.06. The maximum absolute atomic E-state index is 13.7. The van der Waals surface area contributed by atoms with Gasteiger partial charge in [-0.25, -0.2) is 12.8 Å². The average molecular weight is 532 g/mol. The van der Waals surface area contributed by atoms with Crippen LogP contribution in [0.15, 0.2) is 83.8 Å². The highest BCUT2D eigenvalue weighted by Crippen LogP contribution is 2.25. The predicted octanol–water partition coefficient (Wildman–Crippen LogP) is 4.23. The van der Waals surface area contributed by atoms with Crippen molar-refractivity contribution in [2.24, 2.45) is 0 Å². The summed E-state index contributed by atoms with van der Waals surface area (Å²) in [4.78, 5) is 27.4. The van der Waals surface area contributed by atoms with Crippen LogP contribution in [0.4, 0.5) is 10.1 Å². The molecule has 36 heavy (non-hydrogen) atoms. The van der Waals surface area contributed by atoms with Gasteiger partial charge >= 0.3 is 0 Å². The Balaban J connectivity index is 2.01. The van der Waals surface area contributed by atoms with Gasteiger partial charge in [0.2, 0.25) is 11.8 Å². The number of benzene rings is 3. The van der Waals surface area contributed by atoms with E-state index < -0.39 is 34.3 Å². The molecular weight excluding hydrogens is 505 g/mol. The van der Waals surface area contributed by atoms with Crippen LogP contribution < -0.4 is 9.62 Å². The van der Waals surface area contributed by atoms with Gasteiger partial charge in [-0.3, -0.25) is 13.9 Å². The zero-order valence-corrected chi connectivity index (χ0v) is 21.5. The highest BCUT2D eigenvalue weighted by molar-refractivity contribution is 7.92. The third-order valence-electron chi connectivity index (χ3n) is 5.54. The number of nitrogens with zero attached hydrogens (tertiary/aromatic N) is 2. The third kappa shape index (κ3) is 6.41. The Hall–Kier alpha value is -3.43. The first-order chi connectivity index (χ1) is 17.1. The molecule has 3 aromatic carbocycles. The summed E-state index contributed by atoms with van der Waals surface area (Å²) in [6, 6.07) is 18.5. The van der Waals surface area contributed by atoms with E-state index in [0.717, 1.165) is 28.6 Å². The fourth-order valence-electron chi connectivity index (χ4n) is 3.57. The summed E-state index contributed by atoms with van der Waals surface area (Å²) in [6.07, 6.45) is 0. The van der Waals surface area contributed by atoms with Crippen molar-refractivity contribution >= 4 is 39.1 Å². The van der Waals surface area contributed by atoms with Crippen LogP contribution >= 0.6 is 11.6 Å². The Morgan fingerprint density at radius 3 is 2.19 bits per heavy atom. The molecule has 0 fully saturated rings. The molecule has 0 aromatic heterocycles. The van der Waals surface area contributed by atoms with Gasteiger partial charge < -0.3 is 10.2 Å². The van der Waals surface area contributed by atoms with Gasteiger partial charge in [0, 0.05) is 18.1 Å². The van der Waals surface area contributed by atoms with Gasteiger partial charge in [0.15, 0.2) is 0 Å². The van der Waals surface area contributed by atoms with Gasteiger partial charge in [-0.05, 0) is 61.9 Å².